The lowest BCUT2D eigenvalue weighted by Gasteiger charge is -2.15. The molecule has 0 aliphatic rings. The van der Waals surface area contributed by atoms with Crippen LogP contribution in [0.3, 0.4) is 0 Å². The molecule has 1 amide bonds. The fraction of sp³-hybridized carbons (Fsp3) is 0.333. The van der Waals surface area contributed by atoms with Crippen molar-refractivity contribution in [2.75, 3.05) is 5.88 Å². The van der Waals surface area contributed by atoms with Crippen LogP contribution in [0.2, 0.25) is 0 Å². The summed E-state index contributed by atoms with van der Waals surface area (Å²) in [7, 11) is 0. The number of hydrogen-bond donors (Lipinski definition) is 1. The summed E-state index contributed by atoms with van der Waals surface area (Å²) >= 11 is 5.44. The van der Waals surface area contributed by atoms with Gasteiger partial charge in [0, 0.05) is 5.69 Å². The zero-order chi connectivity index (χ0) is 15.6. The van der Waals surface area contributed by atoms with Gasteiger partial charge in [-0.1, -0.05) is 6.07 Å². The molecule has 6 heteroatoms. The van der Waals surface area contributed by atoms with Crippen molar-refractivity contribution < 1.29 is 9.18 Å². The van der Waals surface area contributed by atoms with Gasteiger partial charge in [0.1, 0.15) is 17.4 Å². The maximum atomic E-state index is 14.3. The van der Waals surface area contributed by atoms with Crippen LogP contribution in [0.5, 0.6) is 0 Å². The van der Waals surface area contributed by atoms with Crippen molar-refractivity contribution in [1.82, 2.24) is 15.1 Å². The molecule has 2 rings (SSSR count). The van der Waals surface area contributed by atoms with Gasteiger partial charge in [-0.2, -0.15) is 5.10 Å². The van der Waals surface area contributed by atoms with Gasteiger partial charge in [0.05, 0.1) is 11.7 Å². The molecule has 0 saturated heterocycles. The van der Waals surface area contributed by atoms with Crippen molar-refractivity contribution in [3.8, 4) is 5.69 Å². The second-order valence-electron chi connectivity index (χ2n) is 4.97. The Morgan fingerprint density at radius 1 is 1.43 bits per heavy atom. The van der Waals surface area contributed by atoms with Crippen LogP contribution in [0.1, 0.15) is 29.9 Å². The van der Waals surface area contributed by atoms with Crippen LogP contribution in [-0.4, -0.2) is 21.6 Å². The van der Waals surface area contributed by atoms with Gasteiger partial charge in [0.15, 0.2) is 0 Å². The van der Waals surface area contributed by atoms with Crippen LogP contribution in [0.25, 0.3) is 5.69 Å². The monoisotopic (exact) mass is 309 g/mol. The van der Waals surface area contributed by atoms with E-state index in [2.05, 4.69) is 10.4 Å². The van der Waals surface area contributed by atoms with Gasteiger partial charge < -0.3 is 5.32 Å². The molecule has 0 saturated carbocycles. The maximum absolute atomic E-state index is 14.3. The third kappa shape index (κ3) is 3.42. The SMILES string of the molecule is Cc1cc(C)n(-c2ccc(C(C)NC(=O)CCl)cc2F)n1. The van der Waals surface area contributed by atoms with Crippen LogP contribution in [-0.2, 0) is 4.79 Å². The molecule has 4 nitrogen and oxygen atoms in total. The van der Waals surface area contributed by atoms with E-state index < -0.39 is 0 Å². The normalized spacial score (nSPS) is 12.2. The summed E-state index contributed by atoms with van der Waals surface area (Å²) in [6.45, 7) is 5.51. The number of halogens is 2. The first-order valence-electron chi connectivity index (χ1n) is 6.60. The molecule has 2 aromatic rings. The molecule has 21 heavy (non-hydrogen) atoms. The average Bonchev–Trinajstić information content (AvgIpc) is 2.77. The lowest BCUT2D eigenvalue weighted by Crippen LogP contribution is -2.27. The van der Waals surface area contributed by atoms with Crippen LogP contribution in [0.15, 0.2) is 24.3 Å². The molecule has 0 aliphatic carbocycles. The first-order valence-corrected chi connectivity index (χ1v) is 7.14. The van der Waals surface area contributed by atoms with Crippen molar-refractivity contribution in [3.05, 3.63) is 47.0 Å². The Hall–Kier alpha value is -1.88. The number of hydrogen-bond acceptors (Lipinski definition) is 2. The number of nitrogens with one attached hydrogen (secondary N) is 1. The molecule has 1 aromatic carbocycles. The largest absolute Gasteiger partial charge is 0.349 e. The van der Waals surface area contributed by atoms with E-state index in [1.165, 1.54) is 6.07 Å². The molecule has 0 fully saturated rings. The highest BCUT2D eigenvalue weighted by atomic mass is 35.5. The third-order valence-electron chi connectivity index (χ3n) is 3.21. The van der Waals surface area contributed by atoms with Gasteiger partial charge in [-0.3, -0.25) is 4.79 Å². The summed E-state index contributed by atoms with van der Waals surface area (Å²) in [5.41, 5.74) is 2.76. The molecular weight excluding hydrogens is 293 g/mol. The molecule has 0 bridgehead atoms. The smallest absolute Gasteiger partial charge is 0.235 e. The number of benzene rings is 1. The third-order valence-corrected chi connectivity index (χ3v) is 3.45. The lowest BCUT2D eigenvalue weighted by atomic mass is 10.1. The first kappa shape index (κ1) is 15.5. The van der Waals surface area contributed by atoms with Crippen LogP contribution in [0.4, 0.5) is 4.39 Å². The van der Waals surface area contributed by atoms with E-state index in [1.54, 1.807) is 23.7 Å². The number of amides is 1. The fourth-order valence-electron chi connectivity index (χ4n) is 2.20. The van der Waals surface area contributed by atoms with E-state index in [0.717, 1.165) is 11.4 Å². The second-order valence-corrected chi connectivity index (χ2v) is 5.24. The number of aromatic nitrogens is 2. The Bertz CT molecular complexity index is 669. The van der Waals surface area contributed by atoms with Gasteiger partial charge in [0.25, 0.3) is 0 Å². The molecular formula is C15H17ClFN3O. The molecule has 1 N–H and O–H groups in total. The summed E-state index contributed by atoms with van der Waals surface area (Å²) in [5.74, 6) is -0.783. The topological polar surface area (TPSA) is 46.9 Å². The minimum Gasteiger partial charge on any atom is -0.349 e. The minimum absolute atomic E-state index is 0.114. The number of carbonyl (C=O) groups excluding carboxylic acids is 1. The highest BCUT2D eigenvalue weighted by molar-refractivity contribution is 6.27. The standard InChI is InChI=1S/C15H17ClFN3O/c1-9-6-10(2)20(19-9)14-5-4-12(7-13(14)17)11(3)18-15(21)8-16/h4-7,11H,8H2,1-3H3,(H,18,21). The number of nitrogens with zero attached hydrogens (tertiary/aromatic N) is 2. The number of aryl methyl sites for hydroxylation is 2. The van der Waals surface area contributed by atoms with Gasteiger partial charge in [0.2, 0.25) is 5.91 Å². The average molecular weight is 310 g/mol. The highest BCUT2D eigenvalue weighted by Gasteiger charge is 2.14. The van der Waals surface area contributed by atoms with Crippen LogP contribution >= 0.6 is 11.6 Å². The molecule has 1 unspecified atom stereocenters. The van der Waals surface area contributed by atoms with Gasteiger partial charge in [-0.05, 0) is 44.5 Å². The molecule has 0 radical (unpaired) electrons. The fourth-order valence-corrected chi connectivity index (χ4v) is 2.28. The van der Waals surface area contributed by atoms with Crippen LogP contribution < -0.4 is 5.32 Å². The van der Waals surface area contributed by atoms with Crippen molar-refractivity contribution >= 4 is 17.5 Å². The Balaban J connectivity index is 2.29. The Morgan fingerprint density at radius 2 is 2.14 bits per heavy atom. The Labute approximate surface area is 127 Å². The van der Waals surface area contributed by atoms with Gasteiger partial charge in [-0.25, -0.2) is 9.07 Å². The van der Waals surface area contributed by atoms with E-state index in [0.29, 0.717) is 11.3 Å². The Kier molecular flexibility index (Phi) is 4.63. The summed E-state index contributed by atoms with van der Waals surface area (Å²) in [4.78, 5) is 11.3. The van der Waals surface area contributed by atoms with E-state index in [-0.39, 0.29) is 23.6 Å². The zero-order valence-electron chi connectivity index (χ0n) is 12.2. The maximum Gasteiger partial charge on any atom is 0.235 e. The molecule has 1 aromatic heterocycles. The quantitative estimate of drug-likeness (QED) is 0.882. The molecule has 1 atom stereocenters. The molecule has 0 spiro atoms. The minimum atomic E-state index is -0.384. The first-order chi connectivity index (χ1) is 9.92. The Morgan fingerprint density at radius 3 is 2.67 bits per heavy atom. The predicted molar refractivity (Wildman–Crippen MR) is 80.3 cm³/mol. The van der Waals surface area contributed by atoms with Gasteiger partial charge in [-0.15, -0.1) is 11.6 Å². The van der Waals surface area contributed by atoms with Crippen molar-refractivity contribution in [1.29, 1.82) is 0 Å². The number of alkyl halides is 1. The molecule has 1 heterocycles. The summed E-state index contributed by atoms with van der Waals surface area (Å²) in [5, 5.41) is 6.95. The van der Waals surface area contributed by atoms with Crippen LogP contribution in [0, 0.1) is 19.7 Å². The van der Waals surface area contributed by atoms with Crippen molar-refractivity contribution in [2.45, 2.75) is 26.8 Å². The van der Waals surface area contributed by atoms with E-state index in [1.807, 2.05) is 19.9 Å². The molecule has 0 aliphatic heterocycles. The summed E-state index contributed by atoms with van der Waals surface area (Å²) in [6, 6.07) is 6.42. The van der Waals surface area contributed by atoms with Gasteiger partial charge >= 0.3 is 0 Å². The second kappa shape index (κ2) is 6.26. The van der Waals surface area contributed by atoms with E-state index >= 15 is 0 Å². The number of rotatable bonds is 4. The predicted octanol–water partition coefficient (Wildman–Crippen LogP) is 3.04. The molecule has 112 valence electrons. The highest BCUT2D eigenvalue weighted by Crippen LogP contribution is 2.21. The summed E-state index contributed by atoms with van der Waals surface area (Å²) in [6.07, 6.45) is 0. The zero-order valence-corrected chi connectivity index (χ0v) is 12.9. The number of carbonyl (C=O) groups is 1. The van der Waals surface area contributed by atoms with E-state index in [4.69, 9.17) is 11.6 Å². The van der Waals surface area contributed by atoms with E-state index in [9.17, 15) is 9.18 Å². The lowest BCUT2D eigenvalue weighted by molar-refractivity contribution is -0.119. The van der Waals surface area contributed by atoms with Crippen molar-refractivity contribution in [2.24, 2.45) is 0 Å². The van der Waals surface area contributed by atoms with Crippen molar-refractivity contribution in [3.63, 3.8) is 0 Å². The summed E-state index contributed by atoms with van der Waals surface area (Å²) < 4.78 is 15.9.